The molecular weight excluding hydrogens is 356 g/mol. The van der Waals surface area contributed by atoms with E-state index in [1.54, 1.807) is 0 Å². The van der Waals surface area contributed by atoms with Crippen LogP contribution in [0.5, 0.6) is 0 Å². The van der Waals surface area contributed by atoms with Gasteiger partial charge in [-0.05, 0) is 46.1 Å². The van der Waals surface area contributed by atoms with Gasteiger partial charge < -0.3 is 10.2 Å². The molecule has 0 saturated carbocycles. The maximum absolute atomic E-state index is 12.7. The van der Waals surface area contributed by atoms with E-state index in [2.05, 4.69) is 21.2 Å². The average Bonchev–Trinajstić information content (AvgIpc) is 2.55. The summed E-state index contributed by atoms with van der Waals surface area (Å²) < 4.78 is 0.799. The highest BCUT2D eigenvalue weighted by Gasteiger charge is 2.29. The predicted molar refractivity (Wildman–Crippen MR) is 96.4 cm³/mol. The second kappa shape index (κ2) is 7.92. The van der Waals surface area contributed by atoms with E-state index in [-0.39, 0.29) is 11.8 Å². The molecule has 2 rings (SSSR count). The third-order valence-corrected chi connectivity index (χ3v) is 4.19. The van der Waals surface area contributed by atoms with Crippen LogP contribution in [-0.4, -0.2) is 18.4 Å². The molecule has 120 valence electrons. The largest absolute Gasteiger partial charge is 0.323 e. The SMILES string of the molecule is CC(C)C(C(=O)Nc1ccccc1Br)N(C=O)c1ccccc1. The Morgan fingerprint density at radius 1 is 1.09 bits per heavy atom. The Morgan fingerprint density at radius 2 is 1.70 bits per heavy atom. The Morgan fingerprint density at radius 3 is 2.26 bits per heavy atom. The van der Waals surface area contributed by atoms with Crippen LogP contribution >= 0.6 is 15.9 Å². The molecule has 1 unspecified atom stereocenters. The smallest absolute Gasteiger partial charge is 0.247 e. The van der Waals surface area contributed by atoms with Crippen LogP contribution < -0.4 is 10.2 Å². The van der Waals surface area contributed by atoms with Gasteiger partial charge in [0, 0.05) is 10.2 Å². The second-order valence-electron chi connectivity index (χ2n) is 5.51. The minimum absolute atomic E-state index is 0.0390. The van der Waals surface area contributed by atoms with E-state index in [9.17, 15) is 9.59 Å². The van der Waals surface area contributed by atoms with Crippen LogP contribution in [0, 0.1) is 5.92 Å². The van der Waals surface area contributed by atoms with Gasteiger partial charge in [0.15, 0.2) is 0 Å². The van der Waals surface area contributed by atoms with Gasteiger partial charge in [0.25, 0.3) is 0 Å². The van der Waals surface area contributed by atoms with Gasteiger partial charge in [-0.2, -0.15) is 0 Å². The third kappa shape index (κ3) is 4.20. The normalized spacial score (nSPS) is 11.8. The van der Waals surface area contributed by atoms with E-state index in [0.29, 0.717) is 17.8 Å². The Balaban J connectivity index is 2.28. The van der Waals surface area contributed by atoms with Crippen LogP contribution in [0.25, 0.3) is 0 Å². The molecule has 0 heterocycles. The second-order valence-corrected chi connectivity index (χ2v) is 6.36. The van der Waals surface area contributed by atoms with Crippen molar-refractivity contribution in [1.82, 2.24) is 0 Å². The van der Waals surface area contributed by atoms with Crippen LogP contribution in [-0.2, 0) is 9.59 Å². The van der Waals surface area contributed by atoms with Crippen molar-refractivity contribution in [2.75, 3.05) is 10.2 Å². The summed E-state index contributed by atoms with van der Waals surface area (Å²) in [5, 5.41) is 2.89. The number of amides is 2. The van der Waals surface area contributed by atoms with Gasteiger partial charge in [0.05, 0.1) is 5.69 Å². The summed E-state index contributed by atoms with van der Waals surface area (Å²) in [7, 11) is 0. The summed E-state index contributed by atoms with van der Waals surface area (Å²) in [4.78, 5) is 25.8. The molecule has 0 aromatic heterocycles. The summed E-state index contributed by atoms with van der Waals surface area (Å²) in [6.45, 7) is 3.84. The number of hydrogen-bond donors (Lipinski definition) is 1. The minimum Gasteiger partial charge on any atom is -0.323 e. The lowest BCUT2D eigenvalue weighted by Gasteiger charge is -2.30. The quantitative estimate of drug-likeness (QED) is 0.774. The summed E-state index contributed by atoms with van der Waals surface area (Å²) >= 11 is 3.41. The molecule has 5 heteroatoms. The molecule has 23 heavy (non-hydrogen) atoms. The Hall–Kier alpha value is -2.14. The van der Waals surface area contributed by atoms with Crippen LogP contribution in [0.1, 0.15) is 13.8 Å². The van der Waals surface area contributed by atoms with Gasteiger partial charge in [0.2, 0.25) is 12.3 Å². The molecule has 2 aromatic carbocycles. The monoisotopic (exact) mass is 374 g/mol. The molecule has 0 aliphatic heterocycles. The number of halogens is 1. The van der Waals surface area contributed by atoms with Crippen molar-refractivity contribution >= 4 is 39.6 Å². The Labute approximate surface area is 144 Å². The molecule has 4 nitrogen and oxygen atoms in total. The van der Waals surface area contributed by atoms with Crippen molar-refractivity contribution in [3.05, 3.63) is 59.1 Å². The van der Waals surface area contributed by atoms with Gasteiger partial charge in [-0.25, -0.2) is 0 Å². The molecule has 2 aromatic rings. The zero-order chi connectivity index (χ0) is 16.8. The molecule has 1 N–H and O–H groups in total. The van der Waals surface area contributed by atoms with E-state index in [1.807, 2.05) is 68.4 Å². The van der Waals surface area contributed by atoms with Crippen LogP contribution in [0.3, 0.4) is 0 Å². The molecule has 0 bridgehead atoms. The number of carbonyl (C=O) groups excluding carboxylic acids is 2. The van der Waals surface area contributed by atoms with Crippen LogP contribution in [0.15, 0.2) is 59.1 Å². The molecule has 1 atom stereocenters. The van der Waals surface area contributed by atoms with Crippen molar-refractivity contribution in [3.63, 3.8) is 0 Å². The van der Waals surface area contributed by atoms with Crippen molar-refractivity contribution in [2.45, 2.75) is 19.9 Å². The minimum atomic E-state index is -0.595. The number of hydrogen-bond acceptors (Lipinski definition) is 2. The fourth-order valence-corrected chi connectivity index (χ4v) is 2.79. The third-order valence-electron chi connectivity index (χ3n) is 3.50. The molecule has 2 amide bonds. The number of anilines is 2. The first-order chi connectivity index (χ1) is 11.0. The standard InChI is InChI=1S/C18H19BrN2O2/c1-13(2)17(21(12-22)14-8-4-3-5-9-14)18(23)20-16-11-7-6-10-15(16)19/h3-13,17H,1-2H3,(H,20,23). The number of nitrogens with one attached hydrogen (secondary N) is 1. The number of benzene rings is 2. The van der Waals surface area contributed by atoms with E-state index >= 15 is 0 Å². The average molecular weight is 375 g/mol. The van der Waals surface area contributed by atoms with E-state index in [4.69, 9.17) is 0 Å². The first-order valence-corrected chi connectivity index (χ1v) is 8.18. The lowest BCUT2D eigenvalue weighted by molar-refractivity contribution is -0.120. The molecule has 0 saturated heterocycles. The van der Waals surface area contributed by atoms with E-state index in [1.165, 1.54) is 4.90 Å². The molecular formula is C18H19BrN2O2. The fraction of sp³-hybridized carbons (Fsp3) is 0.222. The molecule has 0 aliphatic carbocycles. The molecule has 0 fully saturated rings. The number of nitrogens with zero attached hydrogens (tertiary/aromatic N) is 1. The van der Waals surface area contributed by atoms with Gasteiger partial charge in [-0.3, -0.25) is 9.59 Å². The maximum atomic E-state index is 12.7. The topological polar surface area (TPSA) is 49.4 Å². The molecule has 0 aliphatic rings. The summed E-state index contributed by atoms with van der Waals surface area (Å²) in [5.41, 5.74) is 1.38. The Bertz CT molecular complexity index is 674. The highest BCUT2D eigenvalue weighted by atomic mass is 79.9. The van der Waals surface area contributed by atoms with Gasteiger partial charge >= 0.3 is 0 Å². The molecule has 0 radical (unpaired) electrons. The lowest BCUT2D eigenvalue weighted by atomic mass is 10.0. The van der Waals surface area contributed by atoms with Crippen molar-refractivity contribution in [3.8, 4) is 0 Å². The predicted octanol–water partition coefficient (Wildman–Crippen LogP) is 4.08. The fourth-order valence-electron chi connectivity index (χ4n) is 2.41. The van der Waals surface area contributed by atoms with Crippen molar-refractivity contribution in [1.29, 1.82) is 0 Å². The van der Waals surface area contributed by atoms with Crippen LogP contribution in [0.2, 0.25) is 0 Å². The van der Waals surface area contributed by atoms with E-state index < -0.39 is 6.04 Å². The van der Waals surface area contributed by atoms with E-state index in [0.717, 1.165) is 4.47 Å². The maximum Gasteiger partial charge on any atom is 0.247 e. The highest BCUT2D eigenvalue weighted by molar-refractivity contribution is 9.10. The zero-order valence-electron chi connectivity index (χ0n) is 13.1. The number of carbonyl (C=O) groups is 2. The number of rotatable bonds is 6. The summed E-state index contributed by atoms with van der Waals surface area (Å²) in [6.07, 6.45) is 0.708. The lowest BCUT2D eigenvalue weighted by Crippen LogP contribution is -2.47. The number of para-hydroxylation sites is 2. The first kappa shape index (κ1) is 17.2. The van der Waals surface area contributed by atoms with Crippen LogP contribution in [0.4, 0.5) is 11.4 Å². The summed E-state index contributed by atoms with van der Waals surface area (Å²) in [5.74, 6) is -0.259. The summed E-state index contributed by atoms with van der Waals surface area (Å²) in [6, 6.07) is 16.0. The molecule has 0 spiro atoms. The Kier molecular flexibility index (Phi) is 5.93. The highest BCUT2D eigenvalue weighted by Crippen LogP contribution is 2.24. The van der Waals surface area contributed by atoms with Crippen molar-refractivity contribution in [2.24, 2.45) is 5.92 Å². The van der Waals surface area contributed by atoms with Gasteiger partial charge in [0.1, 0.15) is 6.04 Å². The van der Waals surface area contributed by atoms with Crippen molar-refractivity contribution < 1.29 is 9.59 Å². The first-order valence-electron chi connectivity index (χ1n) is 7.38. The van der Waals surface area contributed by atoms with Gasteiger partial charge in [-0.1, -0.05) is 44.2 Å². The van der Waals surface area contributed by atoms with Gasteiger partial charge in [-0.15, -0.1) is 0 Å². The zero-order valence-corrected chi connectivity index (χ0v) is 14.7.